The van der Waals surface area contributed by atoms with E-state index in [2.05, 4.69) is 21.0 Å². The Morgan fingerprint density at radius 3 is 2.70 bits per heavy atom. The zero-order chi connectivity index (χ0) is 14.9. The Morgan fingerprint density at radius 2 is 2.15 bits per heavy atom. The fourth-order valence-electron chi connectivity index (χ4n) is 1.90. The van der Waals surface area contributed by atoms with Crippen LogP contribution in [0.5, 0.6) is 5.75 Å². The number of benzene rings is 1. The molecule has 0 bridgehead atoms. The lowest BCUT2D eigenvalue weighted by molar-refractivity contribution is 0.102. The average Bonchev–Trinajstić information content (AvgIpc) is 2.81. The maximum absolute atomic E-state index is 12.7. The molecule has 0 atom stereocenters. The van der Waals surface area contributed by atoms with Gasteiger partial charge in [-0.05, 0) is 48.0 Å². The fraction of sp³-hybridized carbons (Fsp3) is 0.286. The number of methoxy groups -OCH3 is 1. The molecule has 106 valence electrons. The minimum absolute atomic E-state index is 0.0592. The third-order valence-corrected chi connectivity index (χ3v) is 3.75. The largest absolute Gasteiger partial charge is 0.493 e. The van der Waals surface area contributed by atoms with Crippen LogP contribution in [-0.2, 0) is 0 Å². The van der Waals surface area contributed by atoms with Gasteiger partial charge >= 0.3 is 0 Å². The van der Waals surface area contributed by atoms with Gasteiger partial charge in [0.05, 0.1) is 13.3 Å². The SMILES string of the molecule is COc1cnn(C(C)C)c1C(=O)c1ccc(Cl)cc1Br. The van der Waals surface area contributed by atoms with Gasteiger partial charge in [-0.3, -0.25) is 9.48 Å². The summed E-state index contributed by atoms with van der Waals surface area (Å²) in [5.41, 5.74) is 0.959. The number of aromatic nitrogens is 2. The van der Waals surface area contributed by atoms with Crippen LogP contribution in [0.3, 0.4) is 0 Å². The van der Waals surface area contributed by atoms with Crippen molar-refractivity contribution in [3.05, 3.63) is 45.1 Å². The molecule has 6 heteroatoms. The number of halogens is 2. The first-order valence-corrected chi connectivity index (χ1v) is 7.24. The van der Waals surface area contributed by atoms with Gasteiger partial charge in [-0.1, -0.05) is 11.6 Å². The molecule has 0 radical (unpaired) electrons. The molecule has 2 rings (SSSR count). The Hall–Kier alpha value is -1.33. The number of rotatable bonds is 4. The highest BCUT2D eigenvalue weighted by atomic mass is 79.9. The summed E-state index contributed by atoms with van der Waals surface area (Å²) in [7, 11) is 1.52. The predicted octanol–water partition coefficient (Wildman–Crippen LogP) is 4.12. The lowest BCUT2D eigenvalue weighted by atomic mass is 10.1. The van der Waals surface area contributed by atoms with Gasteiger partial charge in [0.15, 0.2) is 11.4 Å². The Labute approximate surface area is 130 Å². The first-order valence-electron chi connectivity index (χ1n) is 6.07. The van der Waals surface area contributed by atoms with E-state index in [9.17, 15) is 4.79 Å². The Morgan fingerprint density at radius 1 is 1.45 bits per heavy atom. The third-order valence-electron chi connectivity index (χ3n) is 2.86. The minimum Gasteiger partial charge on any atom is -0.493 e. The molecule has 0 fully saturated rings. The number of hydrogen-bond acceptors (Lipinski definition) is 3. The van der Waals surface area contributed by atoms with Gasteiger partial charge < -0.3 is 4.74 Å². The fourth-order valence-corrected chi connectivity index (χ4v) is 2.77. The van der Waals surface area contributed by atoms with Gasteiger partial charge in [-0.2, -0.15) is 5.10 Å². The van der Waals surface area contributed by atoms with Crippen molar-refractivity contribution >= 4 is 33.3 Å². The summed E-state index contributed by atoms with van der Waals surface area (Å²) in [6.45, 7) is 3.92. The third kappa shape index (κ3) is 2.74. The molecule has 1 heterocycles. The monoisotopic (exact) mass is 356 g/mol. The van der Waals surface area contributed by atoms with Crippen LogP contribution in [0.1, 0.15) is 35.9 Å². The molecule has 0 saturated carbocycles. The zero-order valence-corrected chi connectivity index (χ0v) is 13.7. The highest BCUT2D eigenvalue weighted by Gasteiger charge is 2.23. The highest BCUT2D eigenvalue weighted by molar-refractivity contribution is 9.10. The van der Waals surface area contributed by atoms with Crippen LogP contribution in [-0.4, -0.2) is 22.7 Å². The van der Waals surface area contributed by atoms with Crippen molar-refractivity contribution in [3.8, 4) is 5.75 Å². The van der Waals surface area contributed by atoms with Crippen LogP contribution >= 0.6 is 27.5 Å². The predicted molar refractivity (Wildman–Crippen MR) is 81.7 cm³/mol. The molecule has 2 aromatic rings. The van der Waals surface area contributed by atoms with E-state index in [1.165, 1.54) is 7.11 Å². The second-order valence-electron chi connectivity index (χ2n) is 4.55. The number of nitrogens with zero attached hydrogens (tertiary/aromatic N) is 2. The van der Waals surface area contributed by atoms with Crippen LogP contribution in [0.4, 0.5) is 0 Å². The van der Waals surface area contributed by atoms with E-state index >= 15 is 0 Å². The van der Waals surface area contributed by atoms with Gasteiger partial charge in [0, 0.05) is 21.1 Å². The second-order valence-corrected chi connectivity index (χ2v) is 5.84. The van der Waals surface area contributed by atoms with Gasteiger partial charge in [0.1, 0.15) is 0 Å². The summed E-state index contributed by atoms with van der Waals surface area (Å²) in [5.74, 6) is 0.308. The molecule has 0 aliphatic carbocycles. The van der Waals surface area contributed by atoms with Gasteiger partial charge in [0.25, 0.3) is 0 Å². The first-order chi connectivity index (χ1) is 9.45. The summed E-state index contributed by atoms with van der Waals surface area (Å²) in [6.07, 6.45) is 1.55. The van der Waals surface area contributed by atoms with Crippen molar-refractivity contribution in [2.45, 2.75) is 19.9 Å². The lowest BCUT2D eigenvalue weighted by Crippen LogP contribution is -2.14. The van der Waals surface area contributed by atoms with Crippen molar-refractivity contribution in [3.63, 3.8) is 0 Å². The van der Waals surface area contributed by atoms with Crippen LogP contribution in [0, 0.1) is 0 Å². The molecule has 1 aromatic heterocycles. The van der Waals surface area contributed by atoms with Crippen LogP contribution in [0.2, 0.25) is 5.02 Å². The van der Waals surface area contributed by atoms with E-state index in [-0.39, 0.29) is 11.8 Å². The molecule has 1 aromatic carbocycles. The van der Waals surface area contributed by atoms with E-state index in [1.807, 2.05) is 13.8 Å². The normalized spacial score (nSPS) is 10.9. The Bertz CT molecular complexity index is 653. The summed E-state index contributed by atoms with van der Waals surface area (Å²) in [6, 6.07) is 5.12. The first kappa shape index (κ1) is 15.1. The minimum atomic E-state index is -0.156. The smallest absolute Gasteiger partial charge is 0.215 e. The van der Waals surface area contributed by atoms with Crippen molar-refractivity contribution in [2.24, 2.45) is 0 Å². The maximum Gasteiger partial charge on any atom is 0.215 e. The van der Waals surface area contributed by atoms with Crippen molar-refractivity contribution in [1.29, 1.82) is 0 Å². The van der Waals surface area contributed by atoms with Gasteiger partial charge in [-0.25, -0.2) is 0 Å². The standard InChI is InChI=1S/C14H14BrClN2O2/c1-8(2)18-13(12(20-3)7-17-18)14(19)10-5-4-9(16)6-11(10)15/h4-8H,1-3H3. The van der Waals surface area contributed by atoms with E-state index in [0.717, 1.165) is 0 Å². The number of carbonyl (C=O) groups excluding carboxylic acids is 1. The zero-order valence-electron chi connectivity index (χ0n) is 11.4. The number of carbonyl (C=O) groups is 1. The molecular formula is C14H14BrClN2O2. The van der Waals surface area contributed by atoms with E-state index in [0.29, 0.717) is 26.5 Å². The lowest BCUT2D eigenvalue weighted by Gasteiger charge is -2.12. The quantitative estimate of drug-likeness (QED) is 0.773. The number of ketones is 1. The van der Waals surface area contributed by atoms with Crippen molar-refractivity contribution in [2.75, 3.05) is 7.11 Å². The molecule has 0 unspecified atom stereocenters. The molecule has 0 saturated heterocycles. The molecule has 20 heavy (non-hydrogen) atoms. The van der Waals surface area contributed by atoms with Crippen LogP contribution in [0.25, 0.3) is 0 Å². The molecular weight excluding hydrogens is 344 g/mol. The van der Waals surface area contributed by atoms with Crippen molar-refractivity contribution < 1.29 is 9.53 Å². The molecule has 0 spiro atoms. The van der Waals surface area contributed by atoms with E-state index in [1.54, 1.807) is 29.1 Å². The number of hydrogen-bond donors (Lipinski definition) is 0. The van der Waals surface area contributed by atoms with Gasteiger partial charge in [0.2, 0.25) is 5.78 Å². The van der Waals surface area contributed by atoms with Gasteiger partial charge in [-0.15, -0.1) is 0 Å². The average molecular weight is 358 g/mol. The molecule has 4 nitrogen and oxygen atoms in total. The maximum atomic E-state index is 12.7. The van der Waals surface area contributed by atoms with Crippen LogP contribution in [0.15, 0.2) is 28.9 Å². The molecule has 0 aliphatic rings. The topological polar surface area (TPSA) is 44.1 Å². The van der Waals surface area contributed by atoms with E-state index in [4.69, 9.17) is 16.3 Å². The Kier molecular flexibility index (Phi) is 4.50. The molecule has 0 N–H and O–H groups in total. The Balaban J connectivity index is 2.55. The van der Waals surface area contributed by atoms with Crippen molar-refractivity contribution in [1.82, 2.24) is 9.78 Å². The summed E-state index contributed by atoms with van der Waals surface area (Å²) in [5, 5.41) is 4.78. The summed E-state index contributed by atoms with van der Waals surface area (Å²) in [4.78, 5) is 12.7. The van der Waals surface area contributed by atoms with E-state index < -0.39 is 0 Å². The molecule has 0 aliphatic heterocycles. The van der Waals surface area contributed by atoms with Crippen LogP contribution < -0.4 is 4.74 Å². The summed E-state index contributed by atoms with van der Waals surface area (Å²) >= 11 is 9.27. The molecule has 0 amide bonds. The highest BCUT2D eigenvalue weighted by Crippen LogP contribution is 2.28. The summed E-state index contributed by atoms with van der Waals surface area (Å²) < 4.78 is 7.54. The second kappa shape index (κ2) is 5.97. The number of ether oxygens (including phenoxy) is 1.